The molecule has 102 valence electrons. The van der Waals surface area contributed by atoms with Crippen LogP contribution in [0.5, 0.6) is 0 Å². The Hall–Kier alpha value is -0.770. The molecule has 3 N–H and O–H groups in total. The van der Waals surface area contributed by atoms with Crippen LogP contribution in [-0.2, 0) is 10.0 Å². The monoisotopic (exact) mass is 291 g/mol. The number of nitrogens with one attached hydrogen (secondary N) is 1. The second-order valence-electron chi connectivity index (χ2n) is 4.35. The predicted octanol–water partition coefficient (Wildman–Crippen LogP) is -0.117. The second-order valence-corrected chi connectivity index (χ2v) is 7.30. The number of rotatable bonds is 5. The Morgan fingerprint density at radius 1 is 1.44 bits per heavy atom. The standard InChI is InChI=1S/C9H17N5O2S2/c1-7(14-4-2-3-5-14)6-11-18(15,16)9-13-12-8(10)17-9/h7,11H,2-6H2,1H3,(H2,10,12). The fourth-order valence-electron chi connectivity index (χ4n) is 1.93. The fraction of sp³-hybridized carbons (Fsp3) is 0.778. The van der Waals surface area contributed by atoms with Crippen LogP contribution in [0.25, 0.3) is 0 Å². The molecule has 9 heteroatoms. The Morgan fingerprint density at radius 2 is 2.11 bits per heavy atom. The van der Waals surface area contributed by atoms with Crippen molar-refractivity contribution in [2.45, 2.75) is 30.1 Å². The van der Waals surface area contributed by atoms with E-state index in [1.165, 1.54) is 12.8 Å². The number of aromatic nitrogens is 2. The number of sulfonamides is 1. The minimum atomic E-state index is -3.58. The van der Waals surface area contributed by atoms with Crippen LogP contribution < -0.4 is 10.5 Å². The van der Waals surface area contributed by atoms with Gasteiger partial charge in [-0.1, -0.05) is 11.3 Å². The van der Waals surface area contributed by atoms with E-state index in [0.29, 0.717) is 6.54 Å². The molecule has 0 saturated carbocycles. The quantitative estimate of drug-likeness (QED) is 0.784. The number of hydrogen-bond donors (Lipinski definition) is 2. The molecular weight excluding hydrogens is 274 g/mol. The molecule has 18 heavy (non-hydrogen) atoms. The van der Waals surface area contributed by atoms with Crippen LogP contribution in [0.4, 0.5) is 5.13 Å². The molecule has 0 aliphatic carbocycles. The summed E-state index contributed by atoms with van der Waals surface area (Å²) in [4.78, 5) is 2.27. The third-order valence-corrected chi connectivity index (χ3v) is 5.53. The lowest BCUT2D eigenvalue weighted by molar-refractivity contribution is 0.260. The van der Waals surface area contributed by atoms with Gasteiger partial charge in [0.25, 0.3) is 10.0 Å². The molecule has 1 saturated heterocycles. The van der Waals surface area contributed by atoms with Crippen molar-refractivity contribution in [3.05, 3.63) is 0 Å². The van der Waals surface area contributed by atoms with Crippen molar-refractivity contribution in [2.24, 2.45) is 0 Å². The number of nitrogen functional groups attached to an aromatic ring is 1. The summed E-state index contributed by atoms with van der Waals surface area (Å²) < 4.78 is 26.2. The van der Waals surface area contributed by atoms with Gasteiger partial charge in [0, 0.05) is 12.6 Å². The third kappa shape index (κ3) is 3.16. The predicted molar refractivity (Wildman–Crippen MR) is 69.8 cm³/mol. The van der Waals surface area contributed by atoms with Crippen LogP contribution in [0.3, 0.4) is 0 Å². The third-order valence-electron chi connectivity index (χ3n) is 2.98. The molecule has 0 aromatic carbocycles. The lowest BCUT2D eigenvalue weighted by Crippen LogP contribution is -2.40. The Balaban J connectivity index is 1.92. The van der Waals surface area contributed by atoms with E-state index in [9.17, 15) is 8.42 Å². The van der Waals surface area contributed by atoms with Gasteiger partial charge in [-0.05, 0) is 32.9 Å². The highest BCUT2D eigenvalue weighted by molar-refractivity contribution is 7.91. The van der Waals surface area contributed by atoms with Gasteiger partial charge in [-0.15, -0.1) is 10.2 Å². The largest absolute Gasteiger partial charge is 0.374 e. The topological polar surface area (TPSA) is 101 Å². The average Bonchev–Trinajstić information content (AvgIpc) is 2.96. The Bertz CT molecular complexity index is 495. The summed E-state index contributed by atoms with van der Waals surface area (Å²) in [5.41, 5.74) is 5.38. The van der Waals surface area contributed by atoms with Crippen LogP contribution in [0, 0.1) is 0 Å². The maximum atomic E-state index is 11.9. The molecule has 7 nitrogen and oxygen atoms in total. The normalized spacial score (nSPS) is 19.2. The molecule has 0 radical (unpaired) electrons. The number of hydrogen-bond acceptors (Lipinski definition) is 7. The number of nitrogens with two attached hydrogens (primary N) is 1. The molecule has 0 amide bonds. The molecule has 2 rings (SSSR count). The minimum absolute atomic E-state index is 0.0754. The van der Waals surface area contributed by atoms with Crippen LogP contribution in [0.15, 0.2) is 4.34 Å². The van der Waals surface area contributed by atoms with E-state index in [2.05, 4.69) is 19.8 Å². The first-order chi connectivity index (χ1) is 8.49. The summed E-state index contributed by atoms with van der Waals surface area (Å²) in [7, 11) is -3.58. The van der Waals surface area contributed by atoms with Gasteiger partial charge in [0.05, 0.1) is 0 Å². The SMILES string of the molecule is CC(CNS(=O)(=O)c1nnc(N)s1)N1CCCC1. The van der Waals surface area contributed by atoms with Gasteiger partial charge in [0.15, 0.2) is 0 Å². The zero-order chi connectivity index (χ0) is 13.2. The maximum Gasteiger partial charge on any atom is 0.269 e. The summed E-state index contributed by atoms with van der Waals surface area (Å²) in [6.45, 7) is 4.47. The molecule has 1 aromatic heterocycles. The summed E-state index contributed by atoms with van der Waals surface area (Å²) in [5.74, 6) is 0. The van der Waals surface area contributed by atoms with Crippen LogP contribution in [0.2, 0.25) is 0 Å². The van der Waals surface area contributed by atoms with E-state index < -0.39 is 10.0 Å². The molecule has 1 unspecified atom stereocenters. The maximum absolute atomic E-state index is 11.9. The molecule has 1 aliphatic heterocycles. The smallest absolute Gasteiger partial charge is 0.269 e. The molecule has 1 aliphatic rings. The minimum Gasteiger partial charge on any atom is -0.374 e. The zero-order valence-corrected chi connectivity index (χ0v) is 11.8. The second kappa shape index (κ2) is 5.47. The number of likely N-dealkylation sites (tertiary alicyclic amines) is 1. The van der Waals surface area contributed by atoms with Crippen molar-refractivity contribution in [3.8, 4) is 0 Å². The van der Waals surface area contributed by atoms with Gasteiger partial charge in [0.1, 0.15) is 0 Å². The number of nitrogens with zero attached hydrogens (tertiary/aromatic N) is 3. The van der Waals surface area contributed by atoms with Crippen LogP contribution in [-0.4, -0.2) is 49.2 Å². The molecular formula is C9H17N5O2S2. The highest BCUT2D eigenvalue weighted by Gasteiger charge is 2.23. The van der Waals surface area contributed by atoms with E-state index in [4.69, 9.17) is 5.73 Å². The fourth-order valence-corrected chi connectivity index (χ4v) is 3.88. The van der Waals surface area contributed by atoms with E-state index in [1.807, 2.05) is 6.92 Å². The molecule has 1 atom stereocenters. The Labute approximate surface area is 110 Å². The van der Waals surface area contributed by atoms with Gasteiger partial charge < -0.3 is 5.73 Å². The van der Waals surface area contributed by atoms with E-state index in [-0.39, 0.29) is 15.5 Å². The van der Waals surface area contributed by atoms with Crippen molar-refractivity contribution >= 4 is 26.5 Å². The summed E-state index contributed by atoms with van der Waals surface area (Å²) >= 11 is 0.870. The van der Waals surface area contributed by atoms with Crippen molar-refractivity contribution in [1.29, 1.82) is 0 Å². The van der Waals surface area contributed by atoms with Crippen molar-refractivity contribution in [3.63, 3.8) is 0 Å². The highest BCUT2D eigenvalue weighted by Crippen LogP contribution is 2.17. The van der Waals surface area contributed by atoms with Gasteiger partial charge in [-0.3, -0.25) is 4.90 Å². The molecule has 0 bridgehead atoms. The van der Waals surface area contributed by atoms with Crippen LogP contribution >= 0.6 is 11.3 Å². The molecule has 1 aromatic rings. The molecule has 0 spiro atoms. The van der Waals surface area contributed by atoms with E-state index in [0.717, 1.165) is 24.4 Å². The van der Waals surface area contributed by atoms with Gasteiger partial charge in [-0.25, -0.2) is 13.1 Å². The first-order valence-corrected chi connectivity index (χ1v) is 8.12. The first kappa shape index (κ1) is 13.7. The number of anilines is 1. The Kier molecular flexibility index (Phi) is 4.15. The summed E-state index contributed by atoms with van der Waals surface area (Å²) in [6.07, 6.45) is 2.37. The zero-order valence-electron chi connectivity index (χ0n) is 10.2. The molecule has 1 fully saturated rings. The highest BCUT2D eigenvalue weighted by atomic mass is 32.2. The summed E-state index contributed by atoms with van der Waals surface area (Å²) in [6, 6.07) is 0.188. The van der Waals surface area contributed by atoms with Gasteiger partial charge >= 0.3 is 0 Å². The first-order valence-electron chi connectivity index (χ1n) is 5.82. The van der Waals surface area contributed by atoms with E-state index in [1.54, 1.807) is 0 Å². The van der Waals surface area contributed by atoms with E-state index >= 15 is 0 Å². The van der Waals surface area contributed by atoms with Gasteiger partial charge in [-0.2, -0.15) is 0 Å². The lowest BCUT2D eigenvalue weighted by Gasteiger charge is -2.23. The summed E-state index contributed by atoms with van der Waals surface area (Å²) in [5, 5.41) is 7.20. The van der Waals surface area contributed by atoms with Crippen molar-refractivity contribution in [2.75, 3.05) is 25.4 Å². The van der Waals surface area contributed by atoms with Crippen molar-refractivity contribution < 1.29 is 8.42 Å². The Morgan fingerprint density at radius 3 is 2.67 bits per heavy atom. The molecule has 2 heterocycles. The van der Waals surface area contributed by atoms with Crippen LogP contribution in [0.1, 0.15) is 19.8 Å². The lowest BCUT2D eigenvalue weighted by atomic mass is 10.3. The van der Waals surface area contributed by atoms with Crippen molar-refractivity contribution in [1.82, 2.24) is 19.8 Å². The average molecular weight is 291 g/mol. The van der Waals surface area contributed by atoms with Gasteiger partial charge in [0.2, 0.25) is 9.47 Å².